The molecule has 2 aliphatic rings. The fourth-order valence-electron chi connectivity index (χ4n) is 3.50. The van der Waals surface area contributed by atoms with Crippen LogP contribution in [0.1, 0.15) is 19.8 Å². The number of allylic oxidation sites excluding steroid dienone is 2. The largest absolute Gasteiger partial charge is 0.495 e. The van der Waals surface area contributed by atoms with Crippen LogP contribution >= 0.6 is 0 Å². The molecule has 0 radical (unpaired) electrons. The molecule has 1 saturated carbocycles. The number of amides is 1. The van der Waals surface area contributed by atoms with Crippen LogP contribution in [0.5, 0.6) is 5.75 Å². The number of benzene rings is 1. The first-order valence-electron chi connectivity index (χ1n) is 7.53. The predicted molar refractivity (Wildman–Crippen MR) is 84.6 cm³/mol. The molecule has 1 aromatic rings. The Hall–Kier alpha value is -1.97. The van der Waals surface area contributed by atoms with Crippen LogP contribution in [0.15, 0.2) is 30.4 Å². The van der Waals surface area contributed by atoms with Gasteiger partial charge in [-0.1, -0.05) is 12.2 Å². The summed E-state index contributed by atoms with van der Waals surface area (Å²) in [6, 6.07) is 5.67. The van der Waals surface area contributed by atoms with Crippen molar-refractivity contribution in [1.82, 2.24) is 0 Å². The van der Waals surface area contributed by atoms with E-state index in [1.54, 1.807) is 7.11 Å². The Morgan fingerprint density at radius 2 is 2.19 bits per heavy atom. The SMILES string of the molecule is COc1ccc(NC(C)=O)cc1NCC1CC2C=CC1C2. The summed E-state index contributed by atoms with van der Waals surface area (Å²) < 4.78 is 5.39. The van der Waals surface area contributed by atoms with Crippen LogP contribution in [0.2, 0.25) is 0 Å². The molecule has 3 atom stereocenters. The molecule has 2 aliphatic carbocycles. The second-order valence-electron chi connectivity index (χ2n) is 6.02. The molecular formula is C17H22N2O2. The summed E-state index contributed by atoms with van der Waals surface area (Å²) in [6.45, 7) is 2.46. The summed E-state index contributed by atoms with van der Waals surface area (Å²) in [4.78, 5) is 11.2. The quantitative estimate of drug-likeness (QED) is 0.817. The van der Waals surface area contributed by atoms with Gasteiger partial charge in [-0.05, 0) is 48.8 Å². The Morgan fingerprint density at radius 1 is 1.33 bits per heavy atom. The zero-order valence-corrected chi connectivity index (χ0v) is 12.6. The second kappa shape index (κ2) is 5.80. The highest BCUT2D eigenvalue weighted by Gasteiger charge is 2.35. The number of ether oxygens (including phenoxy) is 1. The highest BCUT2D eigenvalue weighted by Crippen LogP contribution is 2.43. The van der Waals surface area contributed by atoms with Gasteiger partial charge in [0.05, 0.1) is 12.8 Å². The molecule has 1 fully saturated rings. The smallest absolute Gasteiger partial charge is 0.221 e. The maximum absolute atomic E-state index is 11.2. The van der Waals surface area contributed by atoms with E-state index in [9.17, 15) is 4.79 Å². The van der Waals surface area contributed by atoms with E-state index in [1.165, 1.54) is 19.8 Å². The number of nitrogens with one attached hydrogen (secondary N) is 2. The minimum absolute atomic E-state index is 0.0654. The maximum Gasteiger partial charge on any atom is 0.221 e. The molecule has 0 saturated heterocycles. The fourth-order valence-corrected chi connectivity index (χ4v) is 3.50. The number of hydrogen-bond donors (Lipinski definition) is 2. The lowest BCUT2D eigenvalue weighted by Crippen LogP contribution is -2.18. The fraction of sp³-hybridized carbons (Fsp3) is 0.471. The summed E-state index contributed by atoms with van der Waals surface area (Å²) in [5.41, 5.74) is 1.73. The first kappa shape index (κ1) is 14.0. The molecule has 21 heavy (non-hydrogen) atoms. The summed E-state index contributed by atoms with van der Waals surface area (Å²) in [5, 5.41) is 6.30. The lowest BCUT2D eigenvalue weighted by atomic mass is 9.93. The first-order valence-corrected chi connectivity index (χ1v) is 7.53. The molecule has 4 heteroatoms. The van der Waals surface area contributed by atoms with E-state index in [-0.39, 0.29) is 5.91 Å². The number of fused-ring (bicyclic) bond motifs is 2. The van der Waals surface area contributed by atoms with Gasteiger partial charge in [-0.25, -0.2) is 0 Å². The summed E-state index contributed by atoms with van der Waals surface area (Å²) >= 11 is 0. The van der Waals surface area contributed by atoms with Gasteiger partial charge in [0.25, 0.3) is 0 Å². The van der Waals surface area contributed by atoms with Crippen molar-refractivity contribution < 1.29 is 9.53 Å². The van der Waals surface area contributed by atoms with Crippen molar-refractivity contribution in [2.75, 3.05) is 24.3 Å². The molecule has 0 heterocycles. The average Bonchev–Trinajstić information content (AvgIpc) is 3.07. The van der Waals surface area contributed by atoms with E-state index >= 15 is 0 Å². The Bertz CT molecular complexity index is 568. The molecule has 0 aliphatic heterocycles. The van der Waals surface area contributed by atoms with Crippen molar-refractivity contribution in [3.8, 4) is 5.75 Å². The molecule has 0 aromatic heterocycles. The monoisotopic (exact) mass is 286 g/mol. The number of carbonyl (C=O) groups excluding carboxylic acids is 1. The number of methoxy groups -OCH3 is 1. The molecule has 1 amide bonds. The first-order chi connectivity index (χ1) is 10.2. The Kier molecular flexibility index (Phi) is 3.86. The number of anilines is 2. The van der Waals surface area contributed by atoms with E-state index in [0.29, 0.717) is 5.92 Å². The van der Waals surface area contributed by atoms with Crippen LogP contribution in [0, 0.1) is 17.8 Å². The molecule has 3 rings (SSSR count). The zero-order valence-electron chi connectivity index (χ0n) is 12.6. The van der Waals surface area contributed by atoms with Crippen LogP contribution in [0.3, 0.4) is 0 Å². The summed E-state index contributed by atoms with van der Waals surface area (Å²) in [7, 11) is 1.67. The van der Waals surface area contributed by atoms with Gasteiger partial charge in [-0.3, -0.25) is 4.79 Å². The van der Waals surface area contributed by atoms with E-state index in [4.69, 9.17) is 4.74 Å². The van der Waals surface area contributed by atoms with Gasteiger partial charge < -0.3 is 15.4 Å². The third-order valence-electron chi connectivity index (χ3n) is 4.49. The maximum atomic E-state index is 11.2. The second-order valence-corrected chi connectivity index (χ2v) is 6.02. The molecule has 2 bridgehead atoms. The molecule has 4 nitrogen and oxygen atoms in total. The highest BCUT2D eigenvalue weighted by molar-refractivity contribution is 5.89. The molecular weight excluding hydrogens is 264 g/mol. The Morgan fingerprint density at radius 3 is 2.81 bits per heavy atom. The average molecular weight is 286 g/mol. The summed E-state index contributed by atoms with van der Waals surface area (Å²) in [5.74, 6) is 2.96. The van der Waals surface area contributed by atoms with Gasteiger partial charge in [0, 0.05) is 19.2 Å². The van der Waals surface area contributed by atoms with Crippen molar-refractivity contribution in [2.45, 2.75) is 19.8 Å². The van der Waals surface area contributed by atoms with Gasteiger partial charge in [0.2, 0.25) is 5.91 Å². The third-order valence-corrected chi connectivity index (χ3v) is 4.49. The van der Waals surface area contributed by atoms with E-state index in [1.807, 2.05) is 18.2 Å². The van der Waals surface area contributed by atoms with Gasteiger partial charge in [-0.2, -0.15) is 0 Å². The summed E-state index contributed by atoms with van der Waals surface area (Å²) in [6.07, 6.45) is 7.32. The van der Waals surface area contributed by atoms with Gasteiger partial charge in [0.15, 0.2) is 0 Å². The number of rotatable bonds is 5. The lowest BCUT2D eigenvalue weighted by molar-refractivity contribution is -0.114. The van der Waals surface area contributed by atoms with E-state index in [0.717, 1.165) is 35.5 Å². The molecule has 1 aromatic carbocycles. The van der Waals surface area contributed by atoms with Crippen molar-refractivity contribution in [3.05, 3.63) is 30.4 Å². The van der Waals surface area contributed by atoms with Crippen molar-refractivity contribution in [1.29, 1.82) is 0 Å². The van der Waals surface area contributed by atoms with Crippen molar-refractivity contribution in [2.24, 2.45) is 17.8 Å². The third kappa shape index (κ3) is 3.04. The normalized spacial score (nSPS) is 25.9. The minimum Gasteiger partial charge on any atom is -0.495 e. The Balaban J connectivity index is 1.68. The number of hydrogen-bond acceptors (Lipinski definition) is 3. The highest BCUT2D eigenvalue weighted by atomic mass is 16.5. The van der Waals surface area contributed by atoms with Crippen LogP contribution < -0.4 is 15.4 Å². The van der Waals surface area contributed by atoms with E-state index in [2.05, 4.69) is 22.8 Å². The van der Waals surface area contributed by atoms with Crippen molar-refractivity contribution in [3.63, 3.8) is 0 Å². The molecule has 112 valence electrons. The van der Waals surface area contributed by atoms with Crippen LogP contribution in [0.4, 0.5) is 11.4 Å². The lowest BCUT2D eigenvalue weighted by Gasteiger charge is -2.20. The standard InChI is InChI=1S/C17H22N2O2/c1-11(20)19-15-5-6-17(21-2)16(9-15)18-10-14-8-12-3-4-13(14)7-12/h3-6,9,12-14,18H,7-8,10H2,1-2H3,(H,19,20). The van der Waals surface area contributed by atoms with Gasteiger partial charge in [-0.15, -0.1) is 0 Å². The Labute approximate surface area is 125 Å². The minimum atomic E-state index is -0.0654. The van der Waals surface area contributed by atoms with Crippen LogP contribution in [-0.2, 0) is 4.79 Å². The van der Waals surface area contributed by atoms with E-state index < -0.39 is 0 Å². The molecule has 2 N–H and O–H groups in total. The van der Waals surface area contributed by atoms with Crippen LogP contribution in [0.25, 0.3) is 0 Å². The zero-order chi connectivity index (χ0) is 14.8. The topological polar surface area (TPSA) is 50.4 Å². The number of carbonyl (C=O) groups is 1. The molecule has 0 spiro atoms. The predicted octanol–water partition coefficient (Wildman–Crippen LogP) is 3.28. The van der Waals surface area contributed by atoms with Crippen molar-refractivity contribution >= 4 is 17.3 Å². The van der Waals surface area contributed by atoms with Crippen LogP contribution in [-0.4, -0.2) is 19.6 Å². The van der Waals surface area contributed by atoms with Gasteiger partial charge >= 0.3 is 0 Å². The molecule has 3 unspecified atom stereocenters. The van der Waals surface area contributed by atoms with Gasteiger partial charge in [0.1, 0.15) is 5.75 Å².